The zero-order valence-corrected chi connectivity index (χ0v) is 11.5. The maximum absolute atomic E-state index is 11.6. The topological polar surface area (TPSA) is 76.6 Å². The number of pyridine rings is 1. The minimum atomic E-state index is -0.751. The van der Waals surface area contributed by atoms with Crippen LogP contribution in [0.5, 0.6) is 0 Å². The monoisotopic (exact) mass is 429 g/mol. The van der Waals surface area contributed by atoms with Gasteiger partial charge in [0, 0.05) is 0 Å². The summed E-state index contributed by atoms with van der Waals surface area (Å²) in [7, 11) is 0. The summed E-state index contributed by atoms with van der Waals surface area (Å²) >= 11 is 1.37. The van der Waals surface area contributed by atoms with E-state index >= 15 is 0 Å². The molecule has 88 valence electrons. The van der Waals surface area contributed by atoms with Crippen LogP contribution in [-0.2, 0) is 14.4 Å². The number of nitrogens with zero attached hydrogens (tertiary/aromatic N) is 2. The van der Waals surface area contributed by atoms with Crippen molar-refractivity contribution in [1.29, 1.82) is 0 Å². The van der Waals surface area contributed by atoms with E-state index in [9.17, 15) is 14.4 Å². The third-order valence-corrected chi connectivity index (χ3v) is 2.92. The van der Waals surface area contributed by atoms with Crippen molar-refractivity contribution in [2.24, 2.45) is 0 Å². The van der Waals surface area contributed by atoms with E-state index in [0.717, 1.165) is 3.27 Å². The zero-order valence-electron chi connectivity index (χ0n) is 8.55. The molecule has 17 heavy (non-hydrogen) atoms. The zero-order chi connectivity index (χ0) is 12.4. The number of carbonyl (C=O) groups is 3. The maximum atomic E-state index is 11.6. The van der Waals surface area contributed by atoms with Gasteiger partial charge in [-0.15, -0.1) is 0 Å². The summed E-state index contributed by atoms with van der Waals surface area (Å²) in [6.45, 7) is 0. The van der Waals surface area contributed by atoms with Gasteiger partial charge in [-0.05, 0) is 0 Å². The number of imide groups is 1. The third kappa shape index (κ3) is 2.66. The van der Waals surface area contributed by atoms with Crippen molar-refractivity contribution in [3.63, 3.8) is 0 Å². The van der Waals surface area contributed by atoms with Crippen LogP contribution in [0.15, 0.2) is 18.5 Å². The first-order valence-corrected chi connectivity index (χ1v) is 6.23. The van der Waals surface area contributed by atoms with Crippen LogP contribution in [0.3, 0.4) is 0 Å². The number of amides is 2. The van der Waals surface area contributed by atoms with E-state index in [1.165, 1.54) is 30.9 Å². The molecule has 2 amide bonds. The van der Waals surface area contributed by atoms with Crippen molar-refractivity contribution in [3.05, 3.63) is 24.0 Å². The average Bonchev–Trinajstić information content (AvgIpc) is 2.61. The Balaban J connectivity index is 2.12. The second-order valence-corrected chi connectivity index (χ2v) is 5.05. The molecule has 1 fully saturated rings. The Hall–Kier alpha value is -1.36. The predicted molar refractivity (Wildman–Crippen MR) is 50.4 cm³/mol. The molecule has 0 saturated carbocycles. The van der Waals surface area contributed by atoms with E-state index < -0.39 is 17.8 Å². The minimum absolute atomic E-state index is 0.0843. The van der Waals surface area contributed by atoms with Gasteiger partial charge in [0.05, 0.1) is 0 Å². The molecule has 0 N–H and O–H groups in total. The van der Waals surface area contributed by atoms with Crippen LogP contribution in [0.25, 0.3) is 0 Å². The molecule has 2 heterocycles. The van der Waals surface area contributed by atoms with E-state index in [1.54, 1.807) is 12.3 Å². The number of aromatic nitrogens is 1. The normalized spacial score (nSPS) is 15.2. The molecule has 6 nitrogen and oxygen atoms in total. The number of carbonyl (C=O) groups excluding carboxylic acids is 3. The van der Waals surface area contributed by atoms with Gasteiger partial charge in [-0.25, -0.2) is 0 Å². The first-order chi connectivity index (χ1) is 8.08. The summed E-state index contributed by atoms with van der Waals surface area (Å²) in [6, 6.07) is 1.59. The van der Waals surface area contributed by atoms with Crippen molar-refractivity contribution < 1.29 is 43.9 Å². The number of hydrogen-bond acceptors (Lipinski definition) is 5. The quantitative estimate of drug-likeness (QED) is 0.592. The van der Waals surface area contributed by atoms with Crippen molar-refractivity contribution >= 4 is 21.1 Å². The summed E-state index contributed by atoms with van der Waals surface area (Å²) < 4.78 is 0.846. The third-order valence-electron chi connectivity index (χ3n) is 2.12. The first-order valence-electron chi connectivity index (χ1n) is 4.76. The number of rotatable bonds is 2. The fraction of sp³-hybridized carbons (Fsp3) is 0.200. The average molecular weight is 429 g/mol. The molecule has 1 aromatic heterocycles. The molecule has 1 aliphatic rings. The van der Waals surface area contributed by atoms with Gasteiger partial charge in [0.2, 0.25) is 0 Å². The van der Waals surface area contributed by atoms with Crippen molar-refractivity contribution in [2.45, 2.75) is 12.8 Å². The van der Waals surface area contributed by atoms with Crippen LogP contribution in [-0.4, -0.2) is 27.8 Å². The van der Waals surface area contributed by atoms with Gasteiger partial charge in [0.25, 0.3) is 0 Å². The van der Waals surface area contributed by atoms with Crippen molar-refractivity contribution in [2.75, 3.05) is 0 Å². The summed E-state index contributed by atoms with van der Waals surface area (Å²) in [5.74, 6) is -1.74. The van der Waals surface area contributed by atoms with Gasteiger partial charge >= 0.3 is 112 Å². The van der Waals surface area contributed by atoms with Gasteiger partial charge in [0.1, 0.15) is 0 Å². The van der Waals surface area contributed by atoms with Gasteiger partial charge < -0.3 is 0 Å². The van der Waals surface area contributed by atoms with Gasteiger partial charge in [-0.3, -0.25) is 0 Å². The molecular weight excluding hydrogens is 422 g/mol. The van der Waals surface area contributed by atoms with E-state index in [-0.39, 0.29) is 18.4 Å². The molecular formula is C10H7AtN2O4. The predicted octanol–water partition coefficient (Wildman–Crippen LogP) is -0.523. The fourth-order valence-corrected chi connectivity index (χ4v) is 1.99. The Morgan fingerprint density at radius 2 is 1.94 bits per heavy atom. The second-order valence-electron chi connectivity index (χ2n) is 3.35. The number of hydrogen-bond donors (Lipinski definition) is 0. The standard InChI is InChI=1S/C10H7AtN2O4/c11-7-3-6(4-12-5-7)10(16)17-13-8(14)1-2-9(13)15/h3-5H,1-2H2. The van der Waals surface area contributed by atoms with E-state index in [2.05, 4.69) is 4.98 Å². The van der Waals surface area contributed by atoms with Gasteiger partial charge in [-0.1, -0.05) is 0 Å². The molecule has 1 aromatic rings. The van der Waals surface area contributed by atoms with E-state index in [0.29, 0.717) is 5.06 Å². The van der Waals surface area contributed by atoms with Crippen molar-refractivity contribution in [1.82, 2.24) is 10.0 Å². The van der Waals surface area contributed by atoms with Crippen LogP contribution in [0.4, 0.5) is 0 Å². The second kappa shape index (κ2) is 4.88. The van der Waals surface area contributed by atoms with E-state index in [1.807, 2.05) is 0 Å². The Morgan fingerprint density at radius 1 is 1.29 bits per heavy atom. The molecule has 1 aliphatic heterocycles. The Labute approximate surface area is 112 Å². The molecule has 0 radical (unpaired) electrons. The van der Waals surface area contributed by atoms with Crippen LogP contribution >= 0.6 is 0 Å². The van der Waals surface area contributed by atoms with Crippen molar-refractivity contribution in [3.8, 4) is 0 Å². The van der Waals surface area contributed by atoms with Gasteiger partial charge in [0.15, 0.2) is 0 Å². The van der Waals surface area contributed by atoms with Crippen LogP contribution in [0, 0.1) is 24.7 Å². The summed E-state index contributed by atoms with van der Waals surface area (Å²) in [4.78, 5) is 42.7. The Morgan fingerprint density at radius 3 is 2.53 bits per heavy atom. The summed E-state index contributed by atoms with van der Waals surface area (Å²) in [6.07, 6.45) is 3.11. The molecule has 0 aliphatic carbocycles. The molecule has 0 aromatic carbocycles. The molecule has 7 heteroatoms. The molecule has 0 atom stereocenters. The van der Waals surface area contributed by atoms with Crippen LogP contribution in [0.2, 0.25) is 0 Å². The summed E-state index contributed by atoms with van der Waals surface area (Å²) in [5.41, 5.74) is 0.220. The molecule has 0 spiro atoms. The fourth-order valence-electron chi connectivity index (χ4n) is 1.32. The summed E-state index contributed by atoms with van der Waals surface area (Å²) in [5, 5.41) is 0.523. The van der Waals surface area contributed by atoms with Gasteiger partial charge in [-0.2, -0.15) is 0 Å². The Kier molecular flexibility index (Phi) is 3.47. The van der Waals surface area contributed by atoms with E-state index in [4.69, 9.17) is 4.84 Å². The first kappa shape index (κ1) is 12.1. The molecule has 2 rings (SSSR count). The molecule has 0 unspecified atom stereocenters. The van der Waals surface area contributed by atoms with Crippen LogP contribution < -0.4 is 3.27 Å². The number of hydroxylamine groups is 2. The Bertz CT molecular complexity index is 487. The van der Waals surface area contributed by atoms with Crippen LogP contribution in [0.1, 0.15) is 23.2 Å². The molecule has 1 saturated heterocycles. The SMILES string of the molecule is O=C(ON1C(=O)CCC1=O)c1cncc([At])c1. The molecule has 0 bridgehead atoms.